The number of methoxy groups -OCH3 is 1. The van der Waals surface area contributed by atoms with Gasteiger partial charge in [0.2, 0.25) is 5.91 Å². The number of nitrogens with zero attached hydrogens (tertiary/aromatic N) is 2. The molecule has 1 fully saturated rings. The zero-order valence-corrected chi connectivity index (χ0v) is 11.9. The summed E-state index contributed by atoms with van der Waals surface area (Å²) in [4.78, 5) is 16.0. The third-order valence-corrected chi connectivity index (χ3v) is 3.34. The SMILES string of the molecule is COCCOCC(=O)N1CCN(Cc2ccco2)CC1. The number of amides is 1. The van der Waals surface area contributed by atoms with Crippen molar-refractivity contribution >= 4 is 5.91 Å². The molecular formula is C14H22N2O4. The Bertz CT molecular complexity index is 386. The van der Waals surface area contributed by atoms with Gasteiger partial charge < -0.3 is 18.8 Å². The highest BCUT2D eigenvalue weighted by molar-refractivity contribution is 5.77. The molecule has 0 atom stereocenters. The van der Waals surface area contributed by atoms with E-state index >= 15 is 0 Å². The summed E-state index contributed by atoms with van der Waals surface area (Å²) >= 11 is 0. The fraction of sp³-hybridized carbons (Fsp3) is 0.643. The van der Waals surface area contributed by atoms with Gasteiger partial charge in [0.25, 0.3) is 0 Å². The molecule has 0 aromatic carbocycles. The van der Waals surface area contributed by atoms with Crippen LogP contribution in [0.3, 0.4) is 0 Å². The number of piperazine rings is 1. The molecule has 2 rings (SSSR count). The number of ether oxygens (including phenoxy) is 2. The molecule has 1 aliphatic heterocycles. The van der Waals surface area contributed by atoms with Gasteiger partial charge in [-0.05, 0) is 12.1 Å². The van der Waals surface area contributed by atoms with Gasteiger partial charge in [0, 0.05) is 33.3 Å². The van der Waals surface area contributed by atoms with E-state index < -0.39 is 0 Å². The van der Waals surface area contributed by atoms with E-state index in [2.05, 4.69) is 4.90 Å². The van der Waals surface area contributed by atoms with Crippen LogP contribution in [0.1, 0.15) is 5.76 Å². The summed E-state index contributed by atoms with van der Waals surface area (Å²) in [5, 5.41) is 0. The number of carbonyl (C=O) groups is 1. The Kier molecular flexibility index (Phi) is 6.04. The average Bonchev–Trinajstić information content (AvgIpc) is 2.97. The Morgan fingerprint density at radius 1 is 1.30 bits per heavy atom. The molecule has 20 heavy (non-hydrogen) atoms. The highest BCUT2D eigenvalue weighted by atomic mass is 16.5. The first kappa shape index (κ1) is 15.0. The maximum absolute atomic E-state index is 11.9. The van der Waals surface area contributed by atoms with Crippen LogP contribution in [0.25, 0.3) is 0 Å². The van der Waals surface area contributed by atoms with Crippen molar-refractivity contribution in [3.63, 3.8) is 0 Å². The van der Waals surface area contributed by atoms with E-state index in [1.165, 1.54) is 0 Å². The zero-order chi connectivity index (χ0) is 14.2. The molecule has 0 saturated carbocycles. The fourth-order valence-corrected chi connectivity index (χ4v) is 2.17. The molecule has 0 bridgehead atoms. The van der Waals surface area contributed by atoms with Crippen LogP contribution in [0.5, 0.6) is 0 Å². The number of hydrogen-bond donors (Lipinski definition) is 0. The van der Waals surface area contributed by atoms with E-state index in [1.54, 1.807) is 13.4 Å². The first-order chi connectivity index (χ1) is 9.79. The predicted octanol–water partition coefficient (Wildman–Crippen LogP) is 0.587. The number of rotatable bonds is 7. The Hall–Kier alpha value is -1.37. The maximum Gasteiger partial charge on any atom is 0.248 e. The molecule has 1 aromatic rings. The molecule has 6 nitrogen and oxygen atoms in total. The molecule has 6 heteroatoms. The Labute approximate surface area is 119 Å². The van der Waals surface area contributed by atoms with Gasteiger partial charge in [0.05, 0.1) is 26.0 Å². The first-order valence-electron chi connectivity index (χ1n) is 6.89. The van der Waals surface area contributed by atoms with Crippen molar-refractivity contribution in [1.29, 1.82) is 0 Å². The minimum absolute atomic E-state index is 0.0544. The molecular weight excluding hydrogens is 260 g/mol. The number of furan rings is 1. The molecule has 0 aliphatic carbocycles. The molecule has 0 unspecified atom stereocenters. The second-order valence-electron chi connectivity index (χ2n) is 4.78. The highest BCUT2D eigenvalue weighted by Crippen LogP contribution is 2.09. The lowest BCUT2D eigenvalue weighted by atomic mass is 10.3. The standard InChI is InChI=1S/C14H22N2O4/c1-18-9-10-19-12-14(17)16-6-4-15(5-7-16)11-13-3-2-8-20-13/h2-3,8H,4-7,9-12H2,1H3. The summed E-state index contributed by atoms with van der Waals surface area (Å²) in [6.45, 7) is 5.14. The van der Waals surface area contributed by atoms with Crippen LogP contribution < -0.4 is 0 Å². The van der Waals surface area contributed by atoms with Gasteiger partial charge in [0.1, 0.15) is 12.4 Å². The van der Waals surface area contributed by atoms with Crippen LogP contribution in [0.2, 0.25) is 0 Å². The molecule has 112 valence electrons. The van der Waals surface area contributed by atoms with Crippen LogP contribution in [-0.2, 0) is 20.8 Å². The van der Waals surface area contributed by atoms with E-state index in [4.69, 9.17) is 13.9 Å². The van der Waals surface area contributed by atoms with Crippen molar-refractivity contribution in [2.24, 2.45) is 0 Å². The van der Waals surface area contributed by atoms with Gasteiger partial charge in [-0.2, -0.15) is 0 Å². The predicted molar refractivity (Wildman–Crippen MR) is 73.3 cm³/mol. The molecule has 0 radical (unpaired) electrons. The van der Waals surface area contributed by atoms with Crippen LogP contribution in [0, 0.1) is 0 Å². The summed E-state index contributed by atoms with van der Waals surface area (Å²) in [6.07, 6.45) is 1.69. The Balaban J connectivity index is 1.64. The van der Waals surface area contributed by atoms with E-state index in [-0.39, 0.29) is 12.5 Å². The van der Waals surface area contributed by atoms with Crippen molar-refractivity contribution < 1.29 is 18.7 Å². The van der Waals surface area contributed by atoms with Gasteiger partial charge in [-0.1, -0.05) is 0 Å². The smallest absolute Gasteiger partial charge is 0.248 e. The zero-order valence-electron chi connectivity index (χ0n) is 11.9. The summed E-state index contributed by atoms with van der Waals surface area (Å²) in [7, 11) is 1.61. The van der Waals surface area contributed by atoms with Gasteiger partial charge in [-0.15, -0.1) is 0 Å². The summed E-state index contributed by atoms with van der Waals surface area (Å²) in [6, 6.07) is 3.87. The topological polar surface area (TPSA) is 55.2 Å². The monoisotopic (exact) mass is 282 g/mol. The summed E-state index contributed by atoms with van der Waals surface area (Å²) in [5.74, 6) is 1.02. The minimum atomic E-state index is 0.0544. The summed E-state index contributed by atoms with van der Waals surface area (Å²) < 4.78 is 15.5. The van der Waals surface area contributed by atoms with E-state index in [0.29, 0.717) is 13.2 Å². The molecule has 0 N–H and O–H groups in total. The van der Waals surface area contributed by atoms with Gasteiger partial charge in [-0.25, -0.2) is 0 Å². The third-order valence-electron chi connectivity index (χ3n) is 3.34. The fourth-order valence-electron chi connectivity index (χ4n) is 2.17. The Morgan fingerprint density at radius 2 is 2.10 bits per heavy atom. The van der Waals surface area contributed by atoms with E-state index in [1.807, 2.05) is 17.0 Å². The molecule has 1 saturated heterocycles. The minimum Gasteiger partial charge on any atom is -0.468 e. The highest BCUT2D eigenvalue weighted by Gasteiger charge is 2.21. The van der Waals surface area contributed by atoms with E-state index in [0.717, 1.165) is 38.5 Å². The quantitative estimate of drug-likeness (QED) is 0.685. The van der Waals surface area contributed by atoms with Gasteiger partial charge in [0.15, 0.2) is 0 Å². The van der Waals surface area contributed by atoms with Crippen LogP contribution in [0.15, 0.2) is 22.8 Å². The summed E-state index contributed by atoms with van der Waals surface area (Å²) in [5.41, 5.74) is 0. The first-order valence-corrected chi connectivity index (χ1v) is 6.89. The molecule has 1 amide bonds. The van der Waals surface area contributed by atoms with Crippen molar-refractivity contribution in [3.8, 4) is 0 Å². The van der Waals surface area contributed by atoms with Crippen LogP contribution in [-0.4, -0.2) is 68.8 Å². The maximum atomic E-state index is 11.9. The number of carbonyl (C=O) groups excluding carboxylic acids is 1. The molecule has 0 spiro atoms. The number of hydrogen-bond acceptors (Lipinski definition) is 5. The van der Waals surface area contributed by atoms with Crippen LogP contribution in [0.4, 0.5) is 0 Å². The second-order valence-corrected chi connectivity index (χ2v) is 4.78. The lowest BCUT2D eigenvalue weighted by Gasteiger charge is -2.34. The van der Waals surface area contributed by atoms with Crippen molar-refractivity contribution in [2.75, 3.05) is 53.1 Å². The van der Waals surface area contributed by atoms with Crippen molar-refractivity contribution in [3.05, 3.63) is 24.2 Å². The Morgan fingerprint density at radius 3 is 2.75 bits per heavy atom. The van der Waals surface area contributed by atoms with Gasteiger partial charge in [-0.3, -0.25) is 9.69 Å². The molecule has 2 heterocycles. The second kappa shape index (κ2) is 8.04. The van der Waals surface area contributed by atoms with Gasteiger partial charge >= 0.3 is 0 Å². The van der Waals surface area contributed by atoms with Crippen molar-refractivity contribution in [2.45, 2.75) is 6.54 Å². The lowest BCUT2D eigenvalue weighted by molar-refractivity contribution is -0.138. The normalized spacial score (nSPS) is 16.6. The lowest BCUT2D eigenvalue weighted by Crippen LogP contribution is -2.49. The van der Waals surface area contributed by atoms with E-state index in [9.17, 15) is 4.79 Å². The largest absolute Gasteiger partial charge is 0.468 e. The van der Waals surface area contributed by atoms with Crippen molar-refractivity contribution in [1.82, 2.24) is 9.80 Å². The third kappa shape index (κ3) is 4.63. The van der Waals surface area contributed by atoms with Crippen LogP contribution >= 0.6 is 0 Å². The average molecular weight is 282 g/mol. The molecule has 1 aromatic heterocycles. The molecule has 1 aliphatic rings.